The van der Waals surface area contributed by atoms with Crippen molar-refractivity contribution in [2.24, 2.45) is 0 Å². The Kier molecular flexibility index (Phi) is 4.10. The molecule has 1 heterocycles. The molecule has 1 aromatic rings. The first-order chi connectivity index (χ1) is 6.58. The average molecular weight is 197 g/mol. The summed E-state index contributed by atoms with van der Waals surface area (Å²) < 4.78 is 5.09. The van der Waals surface area contributed by atoms with Crippen LogP contribution in [-0.4, -0.2) is 36.7 Å². The van der Waals surface area contributed by atoms with Gasteiger partial charge < -0.3 is 14.7 Å². The standard InChI is InChI=1S/C10H19N3O/c1-8-5-10(14-12-8)6-11-9(2)7-13(3)4/h5,9,11H,6-7H2,1-4H3. The average Bonchev–Trinajstić information content (AvgIpc) is 2.47. The molecule has 1 N–H and O–H groups in total. The van der Waals surface area contributed by atoms with E-state index < -0.39 is 0 Å². The summed E-state index contributed by atoms with van der Waals surface area (Å²) in [5.41, 5.74) is 0.932. The Hall–Kier alpha value is -0.870. The molecule has 4 heteroatoms. The van der Waals surface area contributed by atoms with Crippen molar-refractivity contribution in [2.45, 2.75) is 26.4 Å². The lowest BCUT2D eigenvalue weighted by Crippen LogP contribution is -2.35. The van der Waals surface area contributed by atoms with Crippen LogP contribution >= 0.6 is 0 Å². The van der Waals surface area contributed by atoms with Crippen LogP contribution in [0, 0.1) is 6.92 Å². The minimum absolute atomic E-state index is 0.454. The van der Waals surface area contributed by atoms with Crippen LogP contribution in [0.25, 0.3) is 0 Å². The molecule has 1 aromatic heterocycles. The quantitative estimate of drug-likeness (QED) is 0.765. The first kappa shape index (κ1) is 11.2. The Morgan fingerprint density at radius 3 is 2.79 bits per heavy atom. The molecule has 1 unspecified atom stereocenters. The second-order valence-corrected chi connectivity index (χ2v) is 3.98. The van der Waals surface area contributed by atoms with Crippen molar-refractivity contribution in [2.75, 3.05) is 20.6 Å². The summed E-state index contributed by atoms with van der Waals surface area (Å²) in [4.78, 5) is 2.16. The fourth-order valence-corrected chi connectivity index (χ4v) is 1.39. The molecule has 80 valence electrons. The van der Waals surface area contributed by atoms with Crippen molar-refractivity contribution >= 4 is 0 Å². The highest BCUT2D eigenvalue weighted by Crippen LogP contribution is 2.01. The Morgan fingerprint density at radius 1 is 1.57 bits per heavy atom. The molecule has 1 atom stereocenters. The first-order valence-corrected chi connectivity index (χ1v) is 4.88. The van der Waals surface area contributed by atoms with E-state index in [4.69, 9.17) is 4.52 Å². The van der Waals surface area contributed by atoms with E-state index in [0.717, 1.165) is 24.5 Å². The van der Waals surface area contributed by atoms with E-state index in [2.05, 4.69) is 36.4 Å². The largest absolute Gasteiger partial charge is 0.360 e. The smallest absolute Gasteiger partial charge is 0.150 e. The molecule has 0 aliphatic rings. The van der Waals surface area contributed by atoms with Gasteiger partial charge in [-0.25, -0.2) is 0 Å². The topological polar surface area (TPSA) is 41.3 Å². The van der Waals surface area contributed by atoms with E-state index in [0.29, 0.717) is 6.04 Å². The van der Waals surface area contributed by atoms with Gasteiger partial charge in [0.1, 0.15) is 0 Å². The summed E-state index contributed by atoms with van der Waals surface area (Å²) in [5, 5.41) is 7.20. The maximum absolute atomic E-state index is 5.09. The number of hydrogen-bond donors (Lipinski definition) is 1. The molecule has 0 radical (unpaired) electrons. The molecule has 0 fully saturated rings. The molecule has 0 amide bonds. The van der Waals surface area contributed by atoms with E-state index in [1.54, 1.807) is 0 Å². The zero-order chi connectivity index (χ0) is 10.6. The van der Waals surface area contributed by atoms with Crippen LogP contribution in [0.5, 0.6) is 0 Å². The van der Waals surface area contributed by atoms with Crippen molar-refractivity contribution < 1.29 is 4.52 Å². The highest BCUT2D eigenvalue weighted by molar-refractivity contribution is 5.02. The Labute approximate surface area is 85.3 Å². The van der Waals surface area contributed by atoms with Gasteiger partial charge in [0.15, 0.2) is 5.76 Å². The Balaban J connectivity index is 2.26. The normalized spacial score (nSPS) is 13.5. The number of rotatable bonds is 5. The van der Waals surface area contributed by atoms with Crippen LogP contribution in [0.3, 0.4) is 0 Å². The number of likely N-dealkylation sites (N-methyl/N-ethyl adjacent to an activating group) is 1. The van der Waals surface area contributed by atoms with Gasteiger partial charge in [-0.15, -0.1) is 0 Å². The Morgan fingerprint density at radius 2 is 2.29 bits per heavy atom. The van der Waals surface area contributed by atoms with Crippen molar-refractivity contribution in [1.82, 2.24) is 15.4 Å². The van der Waals surface area contributed by atoms with Gasteiger partial charge in [0.05, 0.1) is 12.2 Å². The van der Waals surface area contributed by atoms with Crippen molar-refractivity contribution in [1.29, 1.82) is 0 Å². The second kappa shape index (κ2) is 5.12. The molecule has 0 saturated heterocycles. The number of hydrogen-bond acceptors (Lipinski definition) is 4. The Bertz CT molecular complexity index is 270. The van der Waals surface area contributed by atoms with Crippen molar-refractivity contribution in [3.05, 3.63) is 17.5 Å². The lowest BCUT2D eigenvalue weighted by Gasteiger charge is -2.17. The highest BCUT2D eigenvalue weighted by atomic mass is 16.5. The summed E-state index contributed by atoms with van der Waals surface area (Å²) >= 11 is 0. The maximum atomic E-state index is 5.09. The lowest BCUT2D eigenvalue weighted by molar-refractivity contribution is 0.326. The number of aromatic nitrogens is 1. The van der Waals surface area contributed by atoms with Gasteiger partial charge in [0.2, 0.25) is 0 Å². The molecule has 14 heavy (non-hydrogen) atoms. The highest BCUT2D eigenvalue weighted by Gasteiger charge is 2.05. The number of nitrogens with one attached hydrogen (secondary N) is 1. The summed E-state index contributed by atoms with van der Waals surface area (Å²) in [7, 11) is 4.13. The third kappa shape index (κ3) is 3.89. The van der Waals surface area contributed by atoms with E-state index >= 15 is 0 Å². The van der Waals surface area contributed by atoms with E-state index in [9.17, 15) is 0 Å². The molecule has 0 bridgehead atoms. The first-order valence-electron chi connectivity index (χ1n) is 4.88. The number of aryl methyl sites for hydroxylation is 1. The fourth-order valence-electron chi connectivity index (χ4n) is 1.39. The second-order valence-electron chi connectivity index (χ2n) is 3.98. The van der Waals surface area contributed by atoms with Gasteiger partial charge in [-0.05, 0) is 27.9 Å². The van der Waals surface area contributed by atoms with E-state index in [-0.39, 0.29) is 0 Å². The summed E-state index contributed by atoms with van der Waals surface area (Å²) in [6, 6.07) is 2.41. The molecular weight excluding hydrogens is 178 g/mol. The van der Waals surface area contributed by atoms with Crippen LogP contribution in [0.1, 0.15) is 18.4 Å². The van der Waals surface area contributed by atoms with Gasteiger partial charge in [0.25, 0.3) is 0 Å². The van der Waals surface area contributed by atoms with Gasteiger partial charge in [-0.1, -0.05) is 5.16 Å². The third-order valence-electron chi connectivity index (χ3n) is 1.94. The van der Waals surface area contributed by atoms with Crippen LogP contribution in [0.15, 0.2) is 10.6 Å². The van der Waals surface area contributed by atoms with Gasteiger partial charge in [-0.2, -0.15) is 0 Å². The minimum Gasteiger partial charge on any atom is -0.360 e. The van der Waals surface area contributed by atoms with Crippen molar-refractivity contribution in [3.8, 4) is 0 Å². The zero-order valence-corrected chi connectivity index (χ0v) is 9.37. The van der Waals surface area contributed by atoms with Crippen LogP contribution in [-0.2, 0) is 6.54 Å². The van der Waals surface area contributed by atoms with Gasteiger partial charge in [0, 0.05) is 18.7 Å². The van der Waals surface area contributed by atoms with Gasteiger partial charge in [-0.3, -0.25) is 0 Å². The zero-order valence-electron chi connectivity index (χ0n) is 9.37. The monoisotopic (exact) mass is 197 g/mol. The lowest BCUT2D eigenvalue weighted by atomic mass is 10.3. The maximum Gasteiger partial charge on any atom is 0.150 e. The third-order valence-corrected chi connectivity index (χ3v) is 1.94. The van der Waals surface area contributed by atoms with Gasteiger partial charge >= 0.3 is 0 Å². The summed E-state index contributed by atoms with van der Waals surface area (Å²) in [6.07, 6.45) is 0. The predicted molar refractivity (Wildman–Crippen MR) is 56.1 cm³/mol. The molecule has 0 aliphatic carbocycles. The molecule has 0 spiro atoms. The molecule has 4 nitrogen and oxygen atoms in total. The SMILES string of the molecule is Cc1cc(CNC(C)CN(C)C)on1. The predicted octanol–water partition coefficient (Wildman–Crippen LogP) is 1.02. The van der Waals surface area contributed by atoms with Crippen LogP contribution in [0.2, 0.25) is 0 Å². The molecule has 0 aromatic carbocycles. The van der Waals surface area contributed by atoms with E-state index in [1.807, 2.05) is 13.0 Å². The van der Waals surface area contributed by atoms with Crippen LogP contribution < -0.4 is 5.32 Å². The minimum atomic E-state index is 0.454. The fraction of sp³-hybridized carbons (Fsp3) is 0.700. The number of nitrogens with zero attached hydrogens (tertiary/aromatic N) is 2. The molecule has 0 saturated carbocycles. The summed E-state index contributed by atoms with van der Waals surface area (Å²) in [5.74, 6) is 0.896. The van der Waals surface area contributed by atoms with Crippen LogP contribution in [0.4, 0.5) is 0 Å². The summed E-state index contributed by atoms with van der Waals surface area (Å²) in [6.45, 7) is 5.85. The molecular formula is C10H19N3O. The molecule has 1 rings (SSSR count). The van der Waals surface area contributed by atoms with Crippen molar-refractivity contribution in [3.63, 3.8) is 0 Å². The van der Waals surface area contributed by atoms with E-state index in [1.165, 1.54) is 0 Å². The molecule has 0 aliphatic heterocycles.